The lowest BCUT2D eigenvalue weighted by Gasteiger charge is -2.08. The number of nitrogens with one attached hydrogen (secondary N) is 1. The molecule has 18 heavy (non-hydrogen) atoms. The molecule has 0 atom stereocenters. The number of rotatable bonds is 8. The maximum atomic E-state index is 4.54. The Kier molecular flexibility index (Phi) is 6.79. The first kappa shape index (κ1) is 15.6. The fraction of sp³-hybridized carbons (Fsp3) is 0.786. The molecule has 0 bridgehead atoms. The molecule has 3 nitrogen and oxygen atoms in total. The van der Waals surface area contributed by atoms with Gasteiger partial charge in [-0.25, -0.2) is 0 Å². The van der Waals surface area contributed by atoms with Gasteiger partial charge in [0.1, 0.15) is 0 Å². The zero-order valence-electron chi connectivity index (χ0n) is 12.4. The zero-order valence-corrected chi connectivity index (χ0v) is 13.2. The quantitative estimate of drug-likeness (QED) is 0.580. The van der Waals surface area contributed by atoms with Gasteiger partial charge in [0.05, 0.1) is 10.7 Å². The predicted molar refractivity (Wildman–Crippen MR) is 80.1 cm³/mol. The van der Waals surface area contributed by atoms with Crippen molar-refractivity contribution >= 4 is 11.8 Å². The standard InChI is InChI=1S/C14H27N3S/c1-6-8-15-10-13-12(4)16-17(5)14(13)18-9-7-11(2)3/h11,15H,6-10H2,1-5H3. The average Bonchev–Trinajstić information content (AvgIpc) is 2.55. The highest BCUT2D eigenvalue weighted by molar-refractivity contribution is 7.99. The van der Waals surface area contributed by atoms with Gasteiger partial charge in [-0.3, -0.25) is 4.68 Å². The summed E-state index contributed by atoms with van der Waals surface area (Å²) < 4.78 is 2.03. The highest BCUT2D eigenvalue weighted by Gasteiger charge is 2.13. The van der Waals surface area contributed by atoms with Crippen molar-refractivity contribution in [1.82, 2.24) is 15.1 Å². The number of hydrogen-bond donors (Lipinski definition) is 1. The molecule has 0 unspecified atom stereocenters. The van der Waals surface area contributed by atoms with Crippen molar-refractivity contribution in [3.63, 3.8) is 0 Å². The van der Waals surface area contributed by atoms with E-state index in [-0.39, 0.29) is 0 Å². The van der Waals surface area contributed by atoms with Gasteiger partial charge < -0.3 is 5.32 Å². The minimum Gasteiger partial charge on any atom is -0.313 e. The van der Waals surface area contributed by atoms with Crippen LogP contribution >= 0.6 is 11.8 Å². The van der Waals surface area contributed by atoms with Crippen LogP contribution in [-0.2, 0) is 13.6 Å². The second kappa shape index (κ2) is 7.85. The third-order valence-electron chi connectivity index (χ3n) is 2.95. The fourth-order valence-electron chi connectivity index (χ4n) is 1.85. The molecule has 104 valence electrons. The van der Waals surface area contributed by atoms with E-state index in [9.17, 15) is 0 Å². The first-order valence-electron chi connectivity index (χ1n) is 6.92. The van der Waals surface area contributed by atoms with E-state index in [0.717, 1.165) is 24.7 Å². The van der Waals surface area contributed by atoms with E-state index >= 15 is 0 Å². The van der Waals surface area contributed by atoms with Gasteiger partial charge in [-0.05, 0) is 38.0 Å². The minimum atomic E-state index is 0.772. The SMILES string of the molecule is CCCNCc1c(C)nn(C)c1SCCC(C)C. The Morgan fingerprint density at radius 3 is 2.72 bits per heavy atom. The molecule has 1 aromatic heterocycles. The summed E-state index contributed by atoms with van der Waals surface area (Å²) in [5.41, 5.74) is 2.54. The Morgan fingerprint density at radius 2 is 2.11 bits per heavy atom. The van der Waals surface area contributed by atoms with Gasteiger partial charge in [-0.2, -0.15) is 5.10 Å². The summed E-state index contributed by atoms with van der Waals surface area (Å²) in [5, 5.41) is 9.35. The molecule has 0 aliphatic heterocycles. The van der Waals surface area contributed by atoms with Gasteiger partial charge in [0, 0.05) is 19.2 Å². The van der Waals surface area contributed by atoms with Crippen LogP contribution in [-0.4, -0.2) is 22.1 Å². The maximum Gasteiger partial charge on any atom is 0.0984 e. The van der Waals surface area contributed by atoms with Crippen LogP contribution < -0.4 is 5.32 Å². The van der Waals surface area contributed by atoms with Gasteiger partial charge in [0.15, 0.2) is 0 Å². The topological polar surface area (TPSA) is 29.9 Å². The molecular weight excluding hydrogens is 242 g/mol. The van der Waals surface area contributed by atoms with Crippen molar-refractivity contribution in [2.45, 2.75) is 52.1 Å². The van der Waals surface area contributed by atoms with E-state index in [0.29, 0.717) is 0 Å². The lowest BCUT2D eigenvalue weighted by molar-refractivity contribution is 0.628. The van der Waals surface area contributed by atoms with E-state index in [1.807, 2.05) is 23.5 Å². The highest BCUT2D eigenvalue weighted by Crippen LogP contribution is 2.26. The lowest BCUT2D eigenvalue weighted by Crippen LogP contribution is -2.14. The van der Waals surface area contributed by atoms with Gasteiger partial charge in [0.2, 0.25) is 0 Å². The van der Waals surface area contributed by atoms with Crippen molar-refractivity contribution in [3.8, 4) is 0 Å². The number of aromatic nitrogens is 2. The number of aryl methyl sites for hydroxylation is 2. The molecule has 0 saturated carbocycles. The Hall–Kier alpha value is -0.480. The Bertz CT molecular complexity index is 358. The lowest BCUT2D eigenvalue weighted by atomic mass is 10.2. The molecule has 0 amide bonds. The largest absolute Gasteiger partial charge is 0.313 e. The summed E-state index contributed by atoms with van der Waals surface area (Å²) in [6.45, 7) is 10.9. The molecule has 0 aliphatic carbocycles. The number of hydrogen-bond acceptors (Lipinski definition) is 3. The van der Waals surface area contributed by atoms with Gasteiger partial charge in [-0.1, -0.05) is 20.8 Å². The van der Waals surface area contributed by atoms with E-state index in [4.69, 9.17) is 0 Å². The average molecular weight is 269 g/mol. The molecule has 1 heterocycles. The smallest absolute Gasteiger partial charge is 0.0984 e. The molecule has 4 heteroatoms. The number of thioether (sulfide) groups is 1. The number of nitrogens with zero attached hydrogens (tertiary/aromatic N) is 2. The van der Waals surface area contributed by atoms with Crippen LogP contribution in [0.15, 0.2) is 5.03 Å². The summed E-state index contributed by atoms with van der Waals surface area (Å²) in [7, 11) is 2.05. The van der Waals surface area contributed by atoms with Gasteiger partial charge >= 0.3 is 0 Å². The van der Waals surface area contributed by atoms with Crippen LogP contribution in [0.4, 0.5) is 0 Å². The summed E-state index contributed by atoms with van der Waals surface area (Å²) in [5.74, 6) is 1.95. The molecule has 0 aromatic carbocycles. The van der Waals surface area contributed by atoms with Crippen molar-refractivity contribution in [3.05, 3.63) is 11.3 Å². The molecule has 0 spiro atoms. The summed E-state index contributed by atoms with van der Waals surface area (Å²) in [6.07, 6.45) is 2.44. The summed E-state index contributed by atoms with van der Waals surface area (Å²) in [4.78, 5) is 0. The predicted octanol–water partition coefficient (Wildman–Crippen LogP) is 3.37. The molecular formula is C14H27N3S. The van der Waals surface area contributed by atoms with Crippen molar-refractivity contribution < 1.29 is 0 Å². The van der Waals surface area contributed by atoms with Crippen LogP contribution in [0.2, 0.25) is 0 Å². The summed E-state index contributed by atoms with van der Waals surface area (Å²) in [6, 6.07) is 0. The Labute approximate surface area is 116 Å². The van der Waals surface area contributed by atoms with Crippen molar-refractivity contribution in [2.75, 3.05) is 12.3 Å². The Balaban J connectivity index is 2.63. The van der Waals surface area contributed by atoms with Gasteiger partial charge in [-0.15, -0.1) is 11.8 Å². The van der Waals surface area contributed by atoms with E-state index in [1.54, 1.807) is 0 Å². The first-order valence-corrected chi connectivity index (χ1v) is 7.90. The molecule has 1 aromatic rings. The normalized spacial score (nSPS) is 11.4. The van der Waals surface area contributed by atoms with Crippen LogP contribution in [0.5, 0.6) is 0 Å². The Morgan fingerprint density at radius 1 is 1.39 bits per heavy atom. The maximum absolute atomic E-state index is 4.54. The van der Waals surface area contributed by atoms with E-state index < -0.39 is 0 Å². The molecule has 0 fully saturated rings. The van der Waals surface area contributed by atoms with Crippen LogP contribution in [0.1, 0.15) is 44.9 Å². The fourth-order valence-corrected chi connectivity index (χ4v) is 3.25. The second-order valence-corrected chi connectivity index (χ2v) is 6.28. The molecule has 1 rings (SSSR count). The van der Waals surface area contributed by atoms with Crippen molar-refractivity contribution in [2.24, 2.45) is 13.0 Å². The zero-order chi connectivity index (χ0) is 13.5. The van der Waals surface area contributed by atoms with Gasteiger partial charge in [0.25, 0.3) is 0 Å². The van der Waals surface area contributed by atoms with Crippen LogP contribution in [0.25, 0.3) is 0 Å². The summed E-state index contributed by atoms with van der Waals surface area (Å²) >= 11 is 1.94. The molecule has 0 radical (unpaired) electrons. The monoisotopic (exact) mass is 269 g/mol. The first-order chi connectivity index (χ1) is 8.56. The van der Waals surface area contributed by atoms with Crippen LogP contribution in [0, 0.1) is 12.8 Å². The van der Waals surface area contributed by atoms with Crippen LogP contribution in [0.3, 0.4) is 0 Å². The van der Waals surface area contributed by atoms with E-state index in [2.05, 4.69) is 38.1 Å². The molecule has 1 N–H and O–H groups in total. The third kappa shape index (κ3) is 4.65. The molecule has 0 aliphatic rings. The highest BCUT2D eigenvalue weighted by atomic mass is 32.2. The third-order valence-corrected chi connectivity index (χ3v) is 4.18. The molecule has 0 saturated heterocycles. The minimum absolute atomic E-state index is 0.772. The van der Waals surface area contributed by atoms with E-state index in [1.165, 1.54) is 29.2 Å². The second-order valence-electron chi connectivity index (χ2n) is 5.20. The van der Waals surface area contributed by atoms with Crippen molar-refractivity contribution in [1.29, 1.82) is 0 Å².